The molecule has 0 radical (unpaired) electrons. The lowest BCUT2D eigenvalue weighted by atomic mass is 9.98. The van der Waals surface area contributed by atoms with Crippen LogP contribution in [0.3, 0.4) is 0 Å². The van der Waals surface area contributed by atoms with Gasteiger partial charge in [0.2, 0.25) is 11.8 Å². The molecule has 0 saturated carbocycles. The van der Waals surface area contributed by atoms with Gasteiger partial charge in [0.1, 0.15) is 5.75 Å². The predicted octanol–water partition coefficient (Wildman–Crippen LogP) is 4.56. The third kappa shape index (κ3) is 5.18. The van der Waals surface area contributed by atoms with Crippen molar-refractivity contribution in [2.24, 2.45) is 5.10 Å². The maximum Gasteiger partial charge on any atom is 0.243 e. The Labute approximate surface area is 189 Å². The molecule has 2 aromatic rings. The summed E-state index contributed by atoms with van der Waals surface area (Å²) >= 11 is 0. The Morgan fingerprint density at radius 1 is 0.906 bits per heavy atom. The number of nitrogens with zero attached hydrogens (tertiary/aromatic N) is 3. The van der Waals surface area contributed by atoms with Gasteiger partial charge >= 0.3 is 0 Å². The van der Waals surface area contributed by atoms with Crippen molar-refractivity contribution in [2.45, 2.75) is 51.0 Å². The second-order valence-electron chi connectivity index (χ2n) is 8.44. The van der Waals surface area contributed by atoms with Gasteiger partial charge in [0, 0.05) is 32.4 Å². The molecule has 0 aromatic heterocycles. The number of amides is 2. The first kappa shape index (κ1) is 22.1. The Morgan fingerprint density at radius 2 is 1.56 bits per heavy atom. The number of ether oxygens (including phenoxy) is 1. The maximum atomic E-state index is 13.2. The van der Waals surface area contributed by atoms with Gasteiger partial charge in [-0.2, -0.15) is 5.10 Å². The van der Waals surface area contributed by atoms with Crippen LogP contribution in [0.25, 0.3) is 0 Å². The standard InChI is InChI=1S/C26H31N3O3/c1-32-22-13-11-21(12-14-22)24-19-23(20-9-5-4-6-10-20)27-29(24)26(31)16-15-25(30)28-17-7-2-3-8-18-28/h4-6,9-14,24H,2-3,7-8,15-19H2,1H3. The molecule has 1 unspecified atom stereocenters. The van der Waals surface area contributed by atoms with Crippen molar-refractivity contribution in [1.29, 1.82) is 0 Å². The number of carbonyl (C=O) groups excluding carboxylic acids is 2. The second-order valence-corrected chi connectivity index (χ2v) is 8.44. The van der Waals surface area contributed by atoms with Gasteiger partial charge in [-0.3, -0.25) is 9.59 Å². The highest BCUT2D eigenvalue weighted by Gasteiger charge is 2.33. The van der Waals surface area contributed by atoms with Gasteiger partial charge in [-0.05, 0) is 36.1 Å². The van der Waals surface area contributed by atoms with Crippen molar-refractivity contribution in [2.75, 3.05) is 20.2 Å². The zero-order chi connectivity index (χ0) is 22.3. The van der Waals surface area contributed by atoms with E-state index in [-0.39, 0.29) is 30.7 Å². The van der Waals surface area contributed by atoms with Gasteiger partial charge in [-0.25, -0.2) is 5.01 Å². The van der Waals surface area contributed by atoms with Gasteiger partial charge < -0.3 is 9.64 Å². The fourth-order valence-electron chi connectivity index (χ4n) is 4.44. The summed E-state index contributed by atoms with van der Waals surface area (Å²) in [6, 6.07) is 17.5. The number of hydrazone groups is 1. The average Bonchev–Trinajstić information content (AvgIpc) is 3.11. The molecule has 1 saturated heterocycles. The van der Waals surface area contributed by atoms with Crippen LogP contribution in [0, 0.1) is 0 Å². The molecule has 2 amide bonds. The number of benzene rings is 2. The molecule has 6 nitrogen and oxygen atoms in total. The van der Waals surface area contributed by atoms with E-state index < -0.39 is 0 Å². The lowest BCUT2D eigenvalue weighted by Gasteiger charge is -2.23. The Bertz CT molecular complexity index is 948. The highest BCUT2D eigenvalue weighted by molar-refractivity contribution is 6.03. The van der Waals surface area contributed by atoms with E-state index in [0.29, 0.717) is 6.42 Å². The zero-order valence-electron chi connectivity index (χ0n) is 18.7. The quantitative estimate of drug-likeness (QED) is 0.671. The van der Waals surface area contributed by atoms with E-state index in [1.165, 1.54) is 12.8 Å². The molecule has 4 rings (SSSR count). The topological polar surface area (TPSA) is 62.2 Å². The summed E-state index contributed by atoms with van der Waals surface area (Å²) in [7, 11) is 1.64. The van der Waals surface area contributed by atoms with Crippen molar-refractivity contribution in [3.63, 3.8) is 0 Å². The van der Waals surface area contributed by atoms with E-state index in [2.05, 4.69) is 0 Å². The molecule has 6 heteroatoms. The third-order valence-electron chi connectivity index (χ3n) is 6.28. The molecule has 0 bridgehead atoms. The van der Waals surface area contributed by atoms with Crippen LogP contribution >= 0.6 is 0 Å². The van der Waals surface area contributed by atoms with Crippen LogP contribution in [-0.4, -0.2) is 47.6 Å². The Balaban J connectivity index is 1.49. The highest BCUT2D eigenvalue weighted by atomic mass is 16.5. The van der Waals surface area contributed by atoms with Crippen molar-refractivity contribution in [3.05, 3.63) is 65.7 Å². The molecule has 0 aliphatic carbocycles. The molecule has 0 N–H and O–H groups in total. The SMILES string of the molecule is COc1ccc(C2CC(c3ccccc3)=NN2C(=O)CCC(=O)N2CCCCCC2)cc1. The van der Waals surface area contributed by atoms with E-state index in [1.54, 1.807) is 12.1 Å². The zero-order valence-corrected chi connectivity index (χ0v) is 18.7. The number of likely N-dealkylation sites (tertiary alicyclic amines) is 1. The van der Waals surface area contributed by atoms with Crippen LogP contribution in [-0.2, 0) is 9.59 Å². The molecule has 1 fully saturated rings. The summed E-state index contributed by atoms with van der Waals surface area (Å²) in [5, 5.41) is 6.29. The van der Waals surface area contributed by atoms with Crippen LogP contribution < -0.4 is 4.74 Å². The van der Waals surface area contributed by atoms with Crippen LogP contribution in [0.4, 0.5) is 0 Å². The Hall–Kier alpha value is -3.15. The average molecular weight is 434 g/mol. The molecule has 2 aromatic carbocycles. The van der Waals surface area contributed by atoms with Gasteiger partial charge in [0.05, 0.1) is 18.9 Å². The summed E-state index contributed by atoms with van der Waals surface area (Å²) in [6.07, 6.45) is 5.51. The predicted molar refractivity (Wildman–Crippen MR) is 124 cm³/mol. The van der Waals surface area contributed by atoms with Gasteiger partial charge in [-0.1, -0.05) is 55.3 Å². The number of rotatable bonds is 6. The minimum absolute atomic E-state index is 0.0766. The third-order valence-corrected chi connectivity index (χ3v) is 6.28. The molecule has 1 atom stereocenters. The van der Waals surface area contributed by atoms with E-state index in [9.17, 15) is 9.59 Å². The van der Waals surface area contributed by atoms with Gasteiger partial charge in [0.25, 0.3) is 0 Å². The molecular formula is C26H31N3O3. The van der Waals surface area contributed by atoms with E-state index in [4.69, 9.17) is 9.84 Å². The van der Waals surface area contributed by atoms with E-state index in [1.807, 2.05) is 59.5 Å². The van der Waals surface area contributed by atoms with Crippen LogP contribution in [0.5, 0.6) is 5.75 Å². The first-order chi connectivity index (χ1) is 15.7. The van der Waals surface area contributed by atoms with E-state index in [0.717, 1.165) is 48.5 Å². The van der Waals surface area contributed by atoms with Crippen molar-refractivity contribution in [1.82, 2.24) is 9.91 Å². The monoisotopic (exact) mass is 433 g/mol. The Kier molecular flexibility index (Phi) is 7.20. The minimum Gasteiger partial charge on any atom is -0.497 e. The highest BCUT2D eigenvalue weighted by Crippen LogP contribution is 2.34. The molecular weight excluding hydrogens is 402 g/mol. The van der Waals surface area contributed by atoms with Gasteiger partial charge in [0.15, 0.2) is 0 Å². The van der Waals surface area contributed by atoms with Crippen LogP contribution in [0.2, 0.25) is 0 Å². The minimum atomic E-state index is -0.183. The van der Waals surface area contributed by atoms with E-state index >= 15 is 0 Å². The summed E-state index contributed by atoms with van der Waals surface area (Å²) < 4.78 is 5.28. The number of hydrogen-bond donors (Lipinski definition) is 0. The molecule has 168 valence electrons. The second kappa shape index (κ2) is 10.4. The summed E-state index contributed by atoms with van der Waals surface area (Å²) in [5.41, 5.74) is 2.91. The normalized spacial score (nSPS) is 18.8. The van der Waals surface area contributed by atoms with Crippen molar-refractivity contribution in [3.8, 4) is 5.75 Å². The lowest BCUT2D eigenvalue weighted by Crippen LogP contribution is -2.33. The molecule has 2 aliphatic heterocycles. The van der Waals surface area contributed by atoms with Gasteiger partial charge in [-0.15, -0.1) is 0 Å². The summed E-state index contributed by atoms with van der Waals surface area (Å²) in [6.45, 7) is 1.61. The number of carbonyl (C=O) groups is 2. The van der Waals surface area contributed by atoms with Crippen LogP contribution in [0.1, 0.15) is 62.1 Å². The first-order valence-corrected chi connectivity index (χ1v) is 11.5. The molecule has 32 heavy (non-hydrogen) atoms. The van der Waals surface area contributed by atoms with Crippen molar-refractivity contribution >= 4 is 17.5 Å². The molecule has 2 aliphatic rings. The maximum absolute atomic E-state index is 13.2. The fourth-order valence-corrected chi connectivity index (χ4v) is 4.44. The Morgan fingerprint density at radius 3 is 2.22 bits per heavy atom. The summed E-state index contributed by atoms with van der Waals surface area (Å²) in [5.74, 6) is 0.740. The smallest absolute Gasteiger partial charge is 0.243 e. The molecule has 2 heterocycles. The first-order valence-electron chi connectivity index (χ1n) is 11.5. The number of hydrogen-bond acceptors (Lipinski definition) is 4. The number of methoxy groups -OCH3 is 1. The molecule has 0 spiro atoms. The fraction of sp³-hybridized carbons (Fsp3) is 0.423. The largest absolute Gasteiger partial charge is 0.497 e. The van der Waals surface area contributed by atoms with Crippen LogP contribution in [0.15, 0.2) is 59.7 Å². The lowest BCUT2D eigenvalue weighted by molar-refractivity contribution is -0.138. The van der Waals surface area contributed by atoms with Crippen molar-refractivity contribution < 1.29 is 14.3 Å². The summed E-state index contributed by atoms with van der Waals surface area (Å²) in [4.78, 5) is 27.8.